The quantitative estimate of drug-likeness (QED) is 0.480. The second kappa shape index (κ2) is 13.1. The van der Waals surface area contributed by atoms with Crippen LogP contribution in [0.1, 0.15) is 60.8 Å². The van der Waals surface area contributed by atoms with E-state index in [4.69, 9.17) is 0 Å². The van der Waals surface area contributed by atoms with Crippen LogP contribution >= 0.6 is 0 Å². The molecule has 0 radical (unpaired) electrons. The van der Waals surface area contributed by atoms with Gasteiger partial charge in [0, 0.05) is 0 Å². The molecule has 0 saturated heterocycles. The lowest BCUT2D eigenvalue weighted by Crippen LogP contribution is -1.88. The highest BCUT2D eigenvalue weighted by Crippen LogP contribution is 2.28. The first-order chi connectivity index (χ1) is 9.10. The maximum absolute atomic E-state index is 4.14. The number of hydrogen-bond donors (Lipinski definition) is 0. The van der Waals surface area contributed by atoms with Crippen molar-refractivity contribution in [3.8, 4) is 0 Å². The molecule has 0 aromatic rings. The Kier molecular flexibility index (Phi) is 13.8. The zero-order valence-electron chi connectivity index (χ0n) is 13.8. The van der Waals surface area contributed by atoms with Crippen molar-refractivity contribution in [3.05, 3.63) is 59.8 Å². The van der Waals surface area contributed by atoms with Crippen molar-refractivity contribution in [2.45, 2.75) is 60.8 Å². The third kappa shape index (κ3) is 8.42. The van der Waals surface area contributed by atoms with E-state index in [-0.39, 0.29) is 0 Å². The molecule has 0 bridgehead atoms. The Morgan fingerprint density at radius 1 is 1.21 bits per heavy atom. The van der Waals surface area contributed by atoms with Gasteiger partial charge >= 0.3 is 0 Å². The van der Waals surface area contributed by atoms with E-state index in [2.05, 4.69) is 52.2 Å². The minimum atomic E-state index is 1.09. The summed E-state index contributed by atoms with van der Waals surface area (Å²) in [4.78, 5) is 0. The van der Waals surface area contributed by atoms with Crippen LogP contribution in [0.25, 0.3) is 0 Å². The molecule has 0 aromatic carbocycles. The summed E-state index contributed by atoms with van der Waals surface area (Å²) < 4.78 is 0. The van der Waals surface area contributed by atoms with E-state index in [9.17, 15) is 0 Å². The number of rotatable bonds is 2. The number of allylic oxidation sites excluding steroid dienone is 8. The van der Waals surface area contributed by atoms with Gasteiger partial charge in [-0.05, 0) is 56.8 Å². The van der Waals surface area contributed by atoms with Gasteiger partial charge in [0.05, 0.1) is 0 Å². The Labute approximate surface area is 121 Å². The van der Waals surface area contributed by atoms with Crippen LogP contribution in [0.2, 0.25) is 0 Å². The molecule has 108 valence electrons. The Balaban J connectivity index is 0. The standard InChI is InChI=1S/C14H20.C3H6.C2H6/c1-5-7-13-9-8-11(3)10-12(4)14(13)6-2;1-3-2;1-2/h5,7,10H,4,6,8-9H2,1-3H3;3H,1H2,2H3;1-2H3/b7-5-;;. The van der Waals surface area contributed by atoms with Crippen LogP contribution < -0.4 is 0 Å². The van der Waals surface area contributed by atoms with Gasteiger partial charge in [0.1, 0.15) is 0 Å². The smallest absolute Gasteiger partial charge is 0.0239 e. The molecule has 0 nitrogen and oxygen atoms in total. The maximum Gasteiger partial charge on any atom is -0.0239 e. The second-order valence-electron chi connectivity index (χ2n) is 4.28. The van der Waals surface area contributed by atoms with Crippen LogP contribution in [0.4, 0.5) is 0 Å². The zero-order chi connectivity index (χ0) is 15.3. The molecule has 0 heterocycles. The summed E-state index contributed by atoms with van der Waals surface area (Å²) in [6.07, 6.45) is 11.8. The SMILES string of the molecule is C=C1C=C(C)CCC(/C=C\C)=C1CC.C=CC.CC. The van der Waals surface area contributed by atoms with Crippen molar-refractivity contribution in [1.29, 1.82) is 0 Å². The lowest BCUT2D eigenvalue weighted by molar-refractivity contribution is 0.937. The molecular weight excluding hydrogens is 228 g/mol. The monoisotopic (exact) mass is 260 g/mol. The topological polar surface area (TPSA) is 0 Å². The van der Waals surface area contributed by atoms with E-state index in [1.807, 2.05) is 20.8 Å². The third-order valence-corrected chi connectivity index (χ3v) is 2.71. The molecule has 0 fully saturated rings. The first-order valence-corrected chi connectivity index (χ1v) is 7.38. The predicted octanol–water partition coefficient (Wildman–Crippen LogP) is 6.78. The molecule has 0 aliphatic heterocycles. The molecule has 19 heavy (non-hydrogen) atoms. The Hall–Kier alpha value is -1.30. The Bertz CT molecular complexity index is 348. The average Bonchev–Trinajstić information content (AvgIpc) is 2.52. The van der Waals surface area contributed by atoms with E-state index in [0.717, 1.165) is 12.8 Å². The van der Waals surface area contributed by atoms with Crippen molar-refractivity contribution in [1.82, 2.24) is 0 Å². The molecule has 0 saturated carbocycles. The molecule has 1 aliphatic rings. The van der Waals surface area contributed by atoms with E-state index in [1.54, 1.807) is 6.08 Å². The largest absolute Gasteiger partial charge is 0.103 e. The van der Waals surface area contributed by atoms with E-state index in [0.29, 0.717) is 0 Å². The van der Waals surface area contributed by atoms with Crippen LogP contribution in [0.15, 0.2) is 59.8 Å². The minimum Gasteiger partial charge on any atom is -0.103 e. The normalized spacial score (nSPS) is 14.8. The fraction of sp³-hybridized carbons (Fsp3) is 0.474. The highest BCUT2D eigenvalue weighted by Gasteiger charge is 2.09. The molecule has 0 amide bonds. The van der Waals surface area contributed by atoms with Gasteiger partial charge in [0.25, 0.3) is 0 Å². The molecular formula is C19H32. The van der Waals surface area contributed by atoms with Crippen LogP contribution in [-0.2, 0) is 0 Å². The Morgan fingerprint density at radius 3 is 2.16 bits per heavy atom. The van der Waals surface area contributed by atoms with Crippen molar-refractivity contribution in [3.63, 3.8) is 0 Å². The van der Waals surface area contributed by atoms with Gasteiger partial charge in [-0.25, -0.2) is 0 Å². The summed E-state index contributed by atoms with van der Waals surface area (Å²) in [5.41, 5.74) is 5.55. The van der Waals surface area contributed by atoms with Crippen LogP contribution in [0, 0.1) is 0 Å². The summed E-state index contributed by atoms with van der Waals surface area (Å²) in [5, 5.41) is 0. The van der Waals surface area contributed by atoms with Gasteiger partial charge in [-0.15, -0.1) is 6.58 Å². The molecule has 0 heteroatoms. The molecule has 0 atom stereocenters. The van der Waals surface area contributed by atoms with Gasteiger partial charge in [0.2, 0.25) is 0 Å². The minimum absolute atomic E-state index is 1.09. The molecule has 0 aromatic heterocycles. The van der Waals surface area contributed by atoms with Crippen LogP contribution in [0.5, 0.6) is 0 Å². The summed E-state index contributed by atoms with van der Waals surface area (Å²) in [6, 6.07) is 0. The van der Waals surface area contributed by atoms with Gasteiger partial charge in [-0.1, -0.05) is 57.2 Å². The fourth-order valence-corrected chi connectivity index (χ4v) is 1.98. The maximum atomic E-state index is 4.14. The van der Waals surface area contributed by atoms with Gasteiger partial charge < -0.3 is 0 Å². The molecule has 0 spiro atoms. The lowest BCUT2D eigenvalue weighted by atomic mass is 9.98. The predicted molar refractivity (Wildman–Crippen MR) is 91.5 cm³/mol. The Morgan fingerprint density at radius 2 is 1.74 bits per heavy atom. The van der Waals surface area contributed by atoms with Crippen molar-refractivity contribution in [2.24, 2.45) is 0 Å². The van der Waals surface area contributed by atoms with Crippen molar-refractivity contribution < 1.29 is 0 Å². The molecule has 0 N–H and O–H groups in total. The van der Waals surface area contributed by atoms with Crippen molar-refractivity contribution >= 4 is 0 Å². The molecule has 1 rings (SSSR count). The first-order valence-electron chi connectivity index (χ1n) is 7.38. The van der Waals surface area contributed by atoms with Crippen LogP contribution in [-0.4, -0.2) is 0 Å². The average molecular weight is 260 g/mol. The van der Waals surface area contributed by atoms with E-state index < -0.39 is 0 Å². The first kappa shape index (κ1) is 20.0. The molecule has 0 unspecified atom stereocenters. The highest BCUT2D eigenvalue weighted by atomic mass is 14.1. The zero-order valence-corrected chi connectivity index (χ0v) is 13.8. The lowest BCUT2D eigenvalue weighted by Gasteiger charge is -2.08. The van der Waals surface area contributed by atoms with Gasteiger partial charge in [-0.2, -0.15) is 0 Å². The third-order valence-electron chi connectivity index (χ3n) is 2.71. The fourth-order valence-electron chi connectivity index (χ4n) is 1.98. The second-order valence-corrected chi connectivity index (χ2v) is 4.28. The van der Waals surface area contributed by atoms with Gasteiger partial charge in [0.15, 0.2) is 0 Å². The molecule has 1 aliphatic carbocycles. The summed E-state index contributed by atoms with van der Waals surface area (Å²) in [5.74, 6) is 0. The summed E-state index contributed by atoms with van der Waals surface area (Å²) >= 11 is 0. The number of hydrogen-bond acceptors (Lipinski definition) is 0. The van der Waals surface area contributed by atoms with Crippen molar-refractivity contribution in [2.75, 3.05) is 0 Å². The van der Waals surface area contributed by atoms with E-state index in [1.165, 1.54) is 28.7 Å². The summed E-state index contributed by atoms with van der Waals surface area (Å²) in [6.45, 7) is 19.9. The van der Waals surface area contributed by atoms with Crippen LogP contribution in [0.3, 0.4) is 0 Å². The van der Waals surface area contributed by atoms with E-state index >= 15 is 0 Å². The summed E-state index contributed by atoms with van der Waals surface area (Å²) in [7, 11) is 0. The highest BCUT2D eigenvalue weighted by molar-refractivity contribution is 5.47. The van der Waals surface area contributed by atoms with Gasteiger partial charge in [-0.3, -0.25) is 0 Å².